The van der Waals surface area contributed by atoms with Gasteiger partial charge in [0.1, 0.15) is 5.82 Å². The molecule has 2 aromatic carbocycles. The summed E-state index contributed by atoms with van der Waals surface area (Å²) in [5, 5.41) is 6.15. The molecule has 1 atom stereocenters. The zero-order valence-electron chi connectivity index (χ0n) is 28.5. The predicted octanol–water partition coefficient (Wildman–Crippen LogP) is 6.77. The lowest BCUT2D eigenvalue weighted by Crippen LogP contribution is -2.59. The standard InChI is InChI=1S/C39H40N6O4S/c1-24-20-28(34(40-21-24)44-22-39(23-44)16-18-49-19-17-39)35(46)41-27-10-8-26(9-11-27)37(48)45-25(2)33(42-29-6-4-5-7-30(29)45)31-12-13-32(50-31)36(47)43-38(3)14-15-38/h4-13,20-21,25H,14-19,22-23H2,1-3H3,(H,41,46)(H,43,47)/t25-/m1/s1. The average molecular weight is 689 g/mol. The zero-order chi connectivity index (χ0) is 34.6. The Morgan fingerprint density at radius 3 is 2.42 bits per heavy atom. The molecule has 2 N–H and O–H groups in total. The van der Waals surface area contributed by atoms with Gasteiger partial charge in [0.25, 0.3) is 17.7 Å². The highest BCUT2D eigenvalue weighted by Crippen LogP contribution is 2.43. The van der Waals surface area contributed by atoms with E-state index in [9.17, 15) is 14.4 Å². The van der Waals surface area contributed by atoms with E-state index in [0.717, 1.165) is 73.8 Å². The van der Waals surface area contributed by atoms with Crippen molar-refractivity contribution < 1.29 is 19.1 Å². The summed E-state index contributed by atoms with van der Waals surface area (Å²) in [6, 6.07) is 19.8. The van der Waals surface area contributed by atoms with Gasteiger partial charge in [-0.3, -0.25) is 19.3 Å². The van der Waals surface area contributed by atoms with Crippen molar-refractivity contribution in [1.29, 1.82) is 0 Å². The number of aliphatic imine (C=N–C) groups is 1. The summed E-state index contributed by atoms with van der Waals surface area (Å²) in [4.78, 5) is 55.8. The Kier molecular flexibility index (Phi) is 8.07. The molecule has 10 nitrogen and oxygen atoms in total. The molecule has 8 rings (SSSR count). The monoisotopic (exact) mass is 688 g/mol. The maximum Gasteiger partial charge on any atom is 0.261 e. The van der Waals surface area contributed by atoms with Gasteiger partial charge in [-0.05, 0) is 107 Å². The Hall–Kier alpha value is -4.87. The summed E-state index contributed by atoms with van der Waals surface area (Å²) >= 11 is 1.39. The predicted molar refractivity (Wildman–Crippen MR) is 196 cm³/mol. The topological polar surface area (TPSA) is 116 Å². The fourth-order valence-electron chi connectivity index (χ4n) is 7.16. The number of nitrogens with one attached hydrogen (secondary N) is 2. The van der Waals surface area contributed by atoms with E-state index < -0.39 is 0 Å². The van der Waals surface area contributed by atoms with Crippen LogP contribution in [-0.4, -0.2) is 66.3 Å². The molecule has 0 unspecified atom stereocenters. The van der Waals surface area contributed by atoms with Crippen LogP contribution in [-0.2, 0) is 4.74 Å². The molecule has 4 aromatic rings. The number of hydrogen-bond acceptors (Lipinski definition) is 8. The maximum absolute atomic E-state index is 14.2. The second-order valence-corrected chi connectivity index (χ2v) is 15.5. The molecular weight excluding hydrogens is 649 g/mol. The molecular formula is C39H40N6O4S. The van der Waals surface area contributed by atoms with E-state index in [2.05, 4.69) is 27.4 Å². The first-order valence-corrected chi connectivity index (χ1v) is 18.1. The van der Waals surface area contributed by atoms with Gasteiger partial charge in [0, 0.05) is 54.7 Å². The first-order valence-electron chi connectivity index (χ1n) is 17.3. The van der Waals surface area contributed by atoms with Crippen molar-refractivity contribution in [3.63, 3.8) is 0 Å². The highest BCUT2D eigenvalue weighted by atomic mass is 32.1. The summed E-state index contributed by atoms with van der Waals surface area (Å²) in [6.07, 6.45) is 5.85. The molecule has 11 heteroatoms. The molecule has 256 valence electrons. The van der Waals surface area contributed by atoms with Crippen LogP contribution < -0.4 is 20.4 Å². The number of thiophene rings is 1. The molecule has 3 amide bonds. The fraction of sp³-hybridized carbons (Fsp3) is 0.359. The highest BCUT2D eigenvalue weighted by Gasteiger charge is 2.45. The van der Waals surface area contributed by atoms with Gasteiger partial charge in [-0.1, -0.05) is 12.1 Å². The Morgan fingerprint density at radius 1 is 0.940 bits per heavy atom. The third kappa shape index (κ3) is 6.09. The van der Waals surface area contributed by atoms with Crippen LogP contribution in [0.25, 0.3) is 0 Å². The van der Waals surface area contributed by atoms with Gasteiger partial charge >= 0.3 is 0 Å². The van der Waals surface area contributed by atoms with Crippen LogP contribution in [0, 0.1) is 12.3 Å². The van der Waals surface area contributed by atoms with Gasteiger partial charge in [-0.25, -0.2) is 9.98 Å². The van der Waals surface area contributed by atoms with Crippen molar-refractivity contribution in [2.45, 2.75) is 58.0 Å². The van der Waals surface area contributed by atoms with E-state index in [1.165, 1.54) is 11.3 Å². The molecule has 0 bridgehead atoms. The van der Waals surface area contributed by atoms with Crippen LogP contribution in [0.3, 0.4) is 0 Å². The summed E-state index contributed by atoms with van der Waals surface area (Å²) in [5.74, 6) is 0.196. The Morgan fingerprint density at radius 2 is 1.68 bits per heavy atom. The number of rotatable bonds is 7. The molecule has 1 spiro atoms. The van der Waals surface area contributed by atoms with Crippen LogP contribution >= 0.6 is 11.3 Å². The van der Waals surface area contributed by atoms with Crippen molar-refractivity contribution in [2.24, 2.45) is 10.4 Å². The molecule has 0 radical (unpaired) electrons. The first-order chi connectivity index (χ1) is 24.1. The lowest BCUT2D eigenvalue weighted by Gasteiger charge is -2.53. The third-order valence-corrected chi connectivity index (χ3v) is 11.5. The fourth-order valence-corrected chi connectivity index (χ4v) is 8.13. The number of hydrogen-bond donors (Lipinski definition) is 2. The molecule has 2 saturated heterocycles. The van der Waals surface area contributed by atoms with Crippen molar-refractivity contribution in [3.8, 4) is 0 Å². The quantitative estimate of drug-likeness (QED) is 0.221. The zero-order valence-corrected chi connectivity index (χ0v) is 29.3. The number of benzene rings is 2. The highest BCUT2D eigenvalue weighted by molar-refractivity contribution is 7.16. The molecule has 1 aliphatic carbocycles. The van der Waals surface area contributed by atoms with E-state index in [-0.39, 0.29) is 34.7 Å². The number of fused-ring (bicyclic) bond motifs is 1. The number of amides is 3. The number of aryl methyl sites for hydroxylation is 1. The summed E-state index contributed by atoms with van der Waals surface area (Å²) in [6.45, 7) is 9.27. The second-order valence-electron chi connectivity index (χ2n) is 14.4. The number of carbonyl (C=O) groups excluding carboxylic acids is 3. The molecule has 4 aliphatic rings. The number of nitrogens with zero attached hydrogens (tertiary/aromatic N) is 4. The minimum Gasteiger partial charge on any atom is -0.381 e. The van der Waals surface area contributed by atoms with Crippen LogP contribution in [0.5, 0.6) is 0 Å². The molecule has 50 heavy (non-hydrogen) atoms. The molecule has 3 fully saturated rings. The van der Waals surface area contributed by atoms with E-state index in [1.807, 2.05) is 56.3 Å². The number of pyridine rings is 1. The molecule has 2 aromatic heterocycles. The van der Waals surface area contributed by atoms with Gasteiger partial charge in [-0.2, -0.15) is 0 Å². The van der Waals surface area contributed by atoms with Crippen LogP contribution in [0.2, 0.25) is 0 Å². The van der Waals surface area contributed by atoms with Gasteiger partial charge in [0.05, 0.1) is 38.4 Å². The SMILES string of the molecule is Cc1cnc(N2CC3(CCOCC3)C2)c(C(=O)Nc2ccc(C(=O)N3c4ccccc4N=C(c4ccc(C(=O)NC5(C)CC5)s4)[C@H]3C)cc2)c1. The van der Waals surface area contributed by atoms with Crippen LogP contribution in [0.15, 0.2) is 77.9 Å². The van der Waals surface area contributed by atoms with Crippen LogP contribution in [0.4, 0.5) is 22.9 Å². The second kappa shape index (κ2) is 12.5. The molecule has 3 aliphatic heterocycles. The van der Waals surface area contributed by atoms with Gasteiger partial charge in [-0.15, -0.1) is 11.3 Å². The third-order valence-electron chi connectivity index (χ3n) is 10.4. The summed E-state index contributed by atoms with van der Waals surface area (Å²) < 4.78 is 5.57. The van der Waals surface area contributed by atoms with Crippen molar-refractivity contribution in [1.82, 2.24) is 10.3 Å². The average Bonchev–Trinajstić information content (AvgIpc) is 3.61. The van der Waals surface area contributed by atoms with Gasteiger partial charge in [0.15, 0.2) is 0 Å². The number of para-hydroxylation sites is 2. The normalized spacial score (nSPS) is 20.0. The first kappa shape index (κ1) is 32.3. The smallest absolute Gasteiger partial charge is 0.261 e. The lowest BCUT2D eigenvalue weighted by molar-refractivity contribution is -0.000511. The Balaban J connectivity index is 0.991. The number of carbonyl (C=O) groups is 3. The largest absolute Gasteiger partial charge is 0.381 e. The lowest BCUT2D eigenvalue weighted by atomic mass is 9.73. The van der Waals surface area contributed by atoms with E-state index in [0.29, 0.717) is 33.2 Å². The number of anilines is 3. The summed E-state index contributed by atoms with van der Waals surface area (Å²) in [5.41, 5.74) is 4.79. The summed E-state index contributed by atoms with van der Waals surface area (Å²) in [7, 11) is 0. The number of aromatic nitrogens is 1. The number of ether oxygens (including phenoxy) is 1. The van der Waals surface area contributed by atoms with Crippen LogP contribution in [0.1, 0.15) is 80.4 Å². The van der Waals surface area contributed by atoms with Crippen molar-refractivity contribution >= 4 is 57.7 Å². The van der Waals surface area contributed by atoms with E-state index in [4.69, 9.17) is 9.73 Å². The van der Waals surface area contributed by atoms with Gasteiger partial charge in [0.2, 0.25) is 0 Å². The van der Waals surface area contributed by atoms with E-state index in [1.54, 1.807) is 35.4 Å². The van der Waals surface area contributed by atoms with Crippen molar-refractivity contribution in [2.75, 3.05) is 41.4 Å². The Labute approximate surface area is 295 Å². The van der Waals surface area contributed by atoms with Gasteiger partial charge < -0.3 is 20.3 Å². The van der Waals surface area contributed by atoms with Crippen molar-refractivity contribution in [3.05, 3.63) is 99.4 Å². The minimum atomic E-state index is -0.388. The van der Waals surface area contributed by atoms with E-state index >= 15 is 0 Å². The minimum absolute atomic E-state index is 0.0790. The molecule has 1 saturated carbocycles. The molecule has 5 heterocycles. The maximum atomic E-state index is 14.2. The Bertz CT molecular complexity index is 2020.